The molecule has 0 spiro atoms. The molecular formula is C9H15N3OS. The Morgan fingerprint density at radius 1 is 1.57 bits per heavy atom. The van der Waals surface area contributed by atoms with Gasteiger partial charge in [-0.15, -0.1) is 11.3 Å². The van der Waals surface area contributed by atoms with Crippen molar-refractivity contribution in [3.8, 4) is 0 Å². The molecule has 2 heterocycles. The van der Waals surface area contributed by atoms with Crippen LogP contribution in [0.1, 0.15) is 10.9 Å². The fourth-order valence-corrected chi connectivity index (χ4v) is 2.49. The van der Waals surface area contributed by atoms with Gasteiger partial charge < -0.3 is 10.5 Å². The second-order valence-corrected chi connectivity index (χ2v) is 4.22. The normalized spacial score (nSPS) is 20.9. The van der Waals surface area contributed by atoms with E-state index >= 15 is 0 Å². The van der Waals surface area contributed by atoms with Gasteiger partial charge in [0.25, 0.3) is 0 Å². The van der Waals surface area contributed by atoms with E-state index in [4.69, 9.17) is 10.5 Å². The first-order chi connectivity index (χ1) is 6.92. The molecule has 0 aliphatic carbocycles. The van der Waals surface area contributed by atoms with E-state index in [1.807, 2.05) is 11.7 Å². The molecule has 2 rings (SSSR count). The molecule has 1 unspecified atom stereocenters. The molecule has 1 atom stereocenters. The average Bonchev–Trinajstić information content (AvgIpc) is 2.74. The standard InChI is InChI=1S/C9H15N3OS/c10-5-8(9-6-11-7-14-9)12-1-3-13-4-2-12/h6-8H,1-5,10H2. The minimum atomic E-state index is 0.325. The lowest BCUT2D eigenvalue weighted by molar-refractivity contribution is 0.0185. The highest BCUT2D eigenvalue weighted by atomic mass is 32.1. The Kier molecular flexibility index (Phi) is 3.47. The Morgan fingerprint density at radius 3 is 2.93 bits per heavy atom. The minimum Gasteiger partial charge on any atom is -0.379 e. The molecule has 1 saturated heterocycles. The summed E-state index contributed by atoms with van der Waals surface area (Å²) in [5.41, 5.74) is 7.65. The lowest BCUT2D eigenvalue weighted by Gasteiger charge is -2.32. The van der Waals surface area contributed by atoms with E-state index in [0.29, 0.717) is 12.6 Å². The van der Waals surface area contributed by atoms with E-state index in [9.17, 15) is 0 Å². The SMILES string of the molecule is NCC(c1cncs1)N1CCOCC1. The van der Waals surface area contributed by atoms with Crippen molar-refractivity contribution in [1.82, 2.24) is 9.88 Å². The summed E-state index contributed by atoms with van der Waals surface area (Å²) in [5, 5.41) is 0. The molecule has 2 N–H and O–H groups in total. The summed E-state index contributed by atoms with van der Waals surface area (Å²) in [5.74, 6) is 0. The van der Waals surface area contributed by atoms with Gasteiger partial charge in [-0.1, -0.05) is 0 Å². The first-order valence-corrected chi connectivity index (χ1v) is 5.70. The van der Waals surface area contributed by atoms with Crippen LogP contribution in [-0.2, 0) is 4.74 Å². The minimum absolute atomic E-state index is 0.325. The zero-order chi connectivity index (χ0) is 9.80. The number of morpholine rings is 1. The molecule has 1 aliphatic heterocycles. The van der Waals surface area contributed by atoms with Crippen LogP contribution < -0.4 is 5.73 Å². The maximum atomic E-state index is 5.79. The Hall–Kier alpha value is -0.490. The summed E-state index contributed by atoms with van der Waals surface area (Å²) in [6, 6.07) is 0.325. The van der Waals surface area contributed by atoms with Crippen LogP contribution in [0.25, 0.3) is 0 Å². The number of thiazole rings is 1. The summed E-state index contributed by atoms with van der Waals surface area (Å²) in [6.45, 7) is 4.23. The average molecular weight is 213 g/mol. The fourth-order valence-electron chi connectivity index (χ4n) is 1.72. The molecule has 1 fully saturated rings. The molecule has 0 amide bonds. The lowest BCUT2D eigenvalue weighted by atomic mass is 10.2. The number of rotatable bonds is 3. The summed E-state index contributed by atoms with van der Waals surface area (Å²) in [7, 11) is 0. The molecule has 5 heteroatoms. The van der Waals surface area contributed by atoms with Crippen molar-refractivity contribution in [2.24, 2.45) is 5.73 Å². The molecule has 1 aliphatic rings. The Labute approximate surface area is 87.7 Å². The van der Waals surface area contributed by atoms with Crippen LogP contribution in [0.15, 0.2) is 11.7 Å². The van der Waals surface area contributed by atoms with Crippen LogP contribution in [0.5, 0.6) is 0 Å². The third kappa shape index (κ3) is 2.12. The van der Waals surface area contributed by atoms with Gasteiger partial charge in [0, 0.05) is 30.7 Å². The van der Waals surface area contributed by atoms with Gasteiger partial charge in [0.2, 0.25) is 0 Å². The lowest BCUT2D eigenvalue weighted by Crippen LogP contribution is -2.41. The molecule has 4 nitrogen and oxygen atoms in total. The third-order valence-corrected chi connectivity index (χ3v) is 3.37. The molecule has 14 heavy (non-hydrogen) atoms. The maximum absolute atomic E-state index is 5.79. The van der Waals surface area contributed by atoms with Crippen molar-refractivity contribution < 1.29 is 4.74 Å². The van der Waals surface area contributed by atoms with Crippen LogP contribution >= 0.6 is 11.3 Å². The topological polar surface area (TPSA) is 51.4 Å². The smallest absolute Gasteiger partial charge is 0.0794 e. The highest BCUT2D eigenvalue weighted by molar-refractivity contribution is 7.09. The Morgan fingerprint density at radius 2 is 2.36 bits per heavy atom. The highest BCUT2D eigenvalue weighted by Crippen LogP contribution is 2.23. The predicted octanol–water partition coefficient (Wildman–Crippen LogP) is 0.475. The van der Waals surface area contributed by atoms with Gasteiger partial charge in [-0.05, 0) is 0 Å². The zero-order valence-corrected chi connectivity index (χ0v) is 8.87. The molecule has 78 valence electrons. The van der Waals surface area contributed by atoms with E-state index in [-0.39, 0.29) is 0 Å². The monoisotopic (exact) mass is 213 g/mol. The summed E-state index contributed by atoms with van der Waals surface area (Å²) >= 11 is 1.68. The van der Waals surface area contributed by atoms with Gasteiger partial charge in [-0.3, -0.25) is 9.88 Å². The quantitative estimate of drug-likeness (QED) is 0.793. The fraction of sp³-hybridized carbons (Fsp3) is 0.667. The van der Waals surface area contributed by atoms with Crippen molar-refractivity contribution in [3.63, 3.8) is 0 Å². The number of nitrogens with two attached hydrogens (primary N) is 1. The number of hydrogen-bond acceptors (Lipinski definition) is 5. The van der Waals surface area contributed by atoms with Gasteiger partial charge in [-0.2, -0.15) is 0 Å². The maximum Gasteiger partial charge on any atom is 0.0794 e. The molecular weight excluding hydrogens is 198 g/mol. The summed E-state index contributed by atoms with van der Waals surface area (Å²) in [4.78, 5) is 7.72. The number of hydrogen-bond donors (Lipinski definition) is 1. The van der Waals surface area contributed by atoms with Crippen molar-refractivity contribution in [2.75, 3.05) is 32.8 Å². The van der Waals surface area contributed by atoms with E-state index < -0.39 is 0 Å². The molecule has 0 aromatic carbocycles. The highest BCUT2D eigenvalue weighted by Gasteiger charge is 2.22. The van der Waals surface area contributed by atoms with E-state index in [1.54, 1.807) is 11.3 Å². The molecule has 0 bridgehead atoms. The summed E-state index contributed by atoms with van der Waals surface area (Å²) < 4.78 is 5.32. The van der Waals surface area contributed by atoms with Crippen molar-refractivity contribution >= 4 is 11.3 Å². The van der Waals surface area contributed by atoms with Crippen molar-refractivity contribution in [1.29, 1.82) is 0 Å². The summed E-state index contributed by atoms with van der Waals surface area (Å²) in [6.07, 6.45) is 1.91. The number of ether oxygens (including phenoxy) is 1. The number of aromatic nitrogens is 1. The van der Waals surface area contributed by atoms with Gasteiger partial charge in [-0.25, -0.2) is 0 Å². The van der Waals surface area contributed by atoms with Crippen molar-refractivity contribution in [2.45, 2.75) is 6.04 Å². The zero-order valence-electron chi connectivity index (χ0n) is 8.06. The molecule has 0 radical (unpaired) electrons. The van der Waals surface area contributed by atoms with E-state index in [2.05, 4.69) is 9.88 Å². The van der Waals surface area contributed by atoms with Gasteiger partial charge >= 0.3 is 0 Å². The second kappa shape index (κ2) is 4.84. The van der Waals surface area contributed by atoms with E-state index in [1.165, 1.54) is 4.88 Å². The van der Waals surface area contributed by atoms with Crippen LogP contribution in [0.3, 0.4) is 0 Å². The largest absolute Gasteiger partial charge is 0.379 e. The second-order valence-electron chi connectivity index (χ2n) is 3.30. The number of nitrogens with zero attached hydrogens (tertiary/aromatic N) is 2. The Balaban J connectivity index is 2.04. The van der Waals surface area contributed by atoms with Crippen LogP contribution in [-0.4, -0.2) is 42.7 Å². The van der Waals surface area contributed by atoms with Gasteiger partial charge in [0.15, 0.2) is 0 Å². The van der Waals surface area contributed by atoms with Crippen LogP contribution in [0.4, 0.5) is 0 Å². The molecule has 0 saturated carbocycles. The first-order valence-electron chi connectivity index (χ1n) is 4.82. The molecule has 1 aromatic rings. The van der Waals surface area contributed by atoms with Crippen LogP contribution in [0, 0.1) is 0 Å². The van der Waals surface area contributed by atoms with Gasteiger partial charge in [0.1, 0.15) is 0 Å². The first kappa shape index (κ1) is 10.0. The van der Waals surface area contributed by atoms with Crippen LogP contribution in [0.2, 0.25) is 0 Å². The van der Waals surface area contributed by atoms with E-state index in [0.717, 1.165) is 26.3 Å². The Bertz CT molecular complexity index is 259. The molecule has 1 aromatic heterocycles. The van der Waals surface area contributed by atoms with Crippen molar-refractivity contribution in [3.05, 3.63) is 16.6 Å². The van der Waals surface area contributed by atoms with Gasteiger partial charge in [0.05, 0.1) is 24.8 Å². The third-order valence-electron chi connectivity index (χ3n) is 2.49. The predicted molar refractivity (Wildman–Crippen MR) is 56.3 cm³/mol.